The van der Waals surface area contributed by atoms with E-state index in [0.717, 1.165) is 22.1 Å². The minimum atomic E-state index is -5.44. The smallest absolute Gasteiger partial charge is 0.478 e. The molecule has 1 aliphatic heterocycles. The van der Waals surface area contributed by atoms with Crippen molar-refractivity contribution in [2.45, 2.75) is 30.2 Å². The van der Waals surface area contributed by atoms with E-state index < -0.39 is 21.5 Å². The van der Waals surface area contributed by atoms with Crippen molar-refractivity contribution in [1.29, 1.82) is 0 Å². The fraction of sp³-hybridized carbons (Fsp3) is 0.212. The van der Waals surface area contributed by atoms with Gasteiger partial charge in [-0.15, -0.1) is 0 Å². The Hall–Kier alpha value is -3.90. The molecule has 5 aromatic rings. The van der Waals surface area contributed by atoms with Crippen molar-refractivity contribution in [3.8, 4) is 5.69 Å². The van der Waals surface area contributed by atoms with Crippen LogP contribution in [0.25, 0.3) is 16.6 Å². The van der Waals surface area contributed by atoms with E-state index >= 15 is 0 Å². The summed E-state index contributed by atoms with van der Waals surface area (Å²) in [4.78, 5) is 11.4. The van der Waals surface area contributed by atoms with Crippen molar-refractivity contribution in [1.82, 2.24) is 14.1 Å². The molecule has 1 aliphatic rings. The summed E-state index contributed by atoms with van der Waals surface area (Å²) in [5.74, 6) is -1.64. The Balaban J connectivity index is 1.47. The lowest BCUT2D eigenvalue weighted by molar-refractivity contribution is -0.0494. The summed E-state index contributed by atoms with van der Waals surface area (Å²) in [6, 6.07) is 27.1. The van der Waals surface area contributed by atoms with Crippen LogP contribution >= 0.6 is 23.2 Å². The molecule has 1 N–H and O–H groups in total. The first-order valence-electron chi connectivity index (χ1n) is 14.3. The van der Waals surface area contributed by atoms with E-state index in [1.54, 1.807) is 16.8 Å². The molecule has 0 aliphatic carbocycles. The van der Waals surface area contributed by atoms with Crippen LogP contribution in [0.2, 0.25) is 10.0 Å². The zero-order valence-electron chi connectivity index (χ0n) is 24.0. The number of hydrogen-bond donors (Lipinski definition) is 1. The molecule has 0 spiro atoms. The number of halogens is 5. The average Bonchev–Trinajstić information content (AvgIpc) is 3.41. The van der Waals surface area contributed by atoms with Crippen LogP contribution < -0.4 is 0 Å². The molecule has 0 bridgehead atoms. The number of nitrogens with zero attached hydrogens (tertiary/aromatic N) is 3. The summed E-state index contributed by atoms with van der Waals surface area (Å²) in [5.41, 5.74) is -0.495. The van der Waals surface area contributed by atoms with Crippen molar-refractivity contribution >= 4 is 50.1 Å². The third-order valence-electron chi connectivity index (χ3n) is 8.30. The molecule has 1 saturated heterocycles. The molecule has 0 amide bonds. The zero-order chi connectivity index (χ0) is 32.8. The van der Waals surface area contributed by atoms with Gasteiger partial charge in [-0.1, -0.05) is 53.5 Å². The molecule has 1 aromatic heterocycles. The fourth-order valence-corrected chi connectivity index (χ4v) is 7.22. The fourth-order valence-electron chi connectivity index (χ4n) is 5.99. The number of fused-ring (bicyclic) bond motifs is 1. The summed E-state index contributed by atoms with van der Waals surface area (Å²) < 4.78 is 66.1. The quantitative estimate of drug-likeness (QED) is 0.174. The Morgan fingerprint density at radius 2 is 1.35 bits per heavy atom. The van der Waals surface area contributed by atoms with Crippen LogP contribution in [-0.2, 0) is 10.0 Å². The van der Waals surface area contributed by atoms with Crippen molar-refractivity contribution in [2.75, 3.05) is 13.1 Å². The van der Waals surface area contributed by atoms with E-state index in [2.05, 4.69) is 0 Å². The first-order valence-corrected chi connectivity index (χ1v) is 16.5. The summed E-state index contributed by atoms with van der Waals surface area (Å²) >= 11 is 12.4. The molecule has 0 unspecified atom stereocenters. The molecule has 6 rings (SSSR count). The van der Waals surface area contributed by atoms with E-state index in [4.69, 9.17) is 28.3 Å². The van der Waals surface area contributed by atoms with Gasteiger partial charge in [0, 0.05) is 40.4 Å². The number of benzene rings is 4. The lowest BCUT2D eigenvalue weighted by Crippen LogP contribution is -2.44. The summed E-state index contributed by atoms with van der Waals surface area (Å²) in [6.45, 7) is -0.599. The van der Waals surface area contributed by atoms with Gasteiger partial charge in [0.25, 0.3) is 0 Å². The number of carbonyl (C=O) groups is 1. The number of carboxylic acids is 1. The van der Waals surface area contributed by atoms with Gasteiger partial charge in [0.15, 0.2) is 0 Å². The lowest BCUT2D eigenvalue weighted by Gasteiger charge is -2.31. The minimum Gasteiger partial charge on any atom is -0.478 e. The van der Waals surface area contributed by atoms with Gasteiger partial charge in [-0.2, -0.15) is 22.6 Å². The van der Waals surface area contributed by atoms with Crippen LogP contribution in [0.3, 0.4) is 0 Å². The van der Waals surface area contributed by atoms with E-state index in [-0.39, 0.29) is 43.3 Å². The van der Waals surface area contributed by atoms with Gasteiger partial charge in [-0.25, -0.2) is 17.9 Å². The molecular formula is C33H26Cl2F3N3O4S. The number of rotatable bonds is 7. The molecule has 7 nitrogen and oxygen atoms in total. The number of carboxylic acid groups (broad SMARTS) is 1. The highest BCUT2D eigenvalue weighted by Crippen LogP contribution is 2.40. The SMILES string of the molecule is O=C(O)c1ccc(-n2nc(C3CCN(S(=O)(=O)C(F)(F)F)CC3)c3cc(C(c4ccc(Cl)cc4)c4ccc(Cl)cc4)ccc32)cc1. The number of piperidine rings is 1. The maximum absolute atomic E-state index is 13.3. The predicted molar refractivity (Wildman–Crippen MR) is 170 cm³/mol. The maximum atomic E-state index is 13.3. The highest BCUT2D eigenvalue weighted by Gasteiger charge is 2.50. The number of alkyl halides is 3. The molecule has 1 fully saturated rings. The van der Waals surface area contributed by atoms with E-state index in [0.29, 0.717) is 31.2 Å². The van der Waals surface area contributed by atoms with Crippen LogP contribution in [0, 0.1) is 0 Å². The third-order valence-corrected chi connectivity index (χ3v) is 10.4. The lowest BCUT2D eigenvalue weighted by atomic mass is 9.84. The van der Waals surface area contributed by atoms with Crippen LogP contribution in [0.5, 0.6) is 0 Å². The topological polar surface area (TPSA) is 92.5 Å². The average molecular weight is 689 g/mol. The van der Waals surface area contributed by atoms with Crippen LogP contribution in [0.15, 0.2) is 91.0 Å². The molecule has 2 heterocycles. The molecule has 0 saturated carbocycles. The first kappa shape index (κ1) is 32.1. The standard InChI is InChI=1S/C33H26Cl2F3N3O4S/c34-25-8-1-20(2-9-25)30(21-3-10-26(35)11-4-21)24-7-14-29-28(19-24)31(39-41(29)27-12-5-23(6-13-27)32(42)43)22-15-17-40(18-16-22)46(44,45)33(36,37)38/h1-14,19,22,30H,15-18H2,(H,42,43). The third kappa shape index (κ3) is 6.12. The van der Waals surface area contributed by atoms with Gasteiger partial charge in [-0.3, -0.25) is 0 Å². The number of hydrogen-bond acceptors (Lipinski definition) is 4. The Kier molecular flexibility index (Phi) is 8.62. The molecule has 0 atom stereocenters. The predicted octanol–water partition coefficient (Wildman–Crippen LogP) is 8.24. The molecule has 238 valence electrons. The second kappa shape index (κ2) is 12.4. The Labute approximate surface area is 272 Å². The highest BCUT2D eigenvalue weighted by atomic mass is 35.5. The molecule has 13 heteroatoms. The van der Waals surface area contributed by atoms with Crippen molar-refractivity contribution < 1.29 is 31.5 Å². The van der Waals surface area contributed by atoms with Crippen LogP contribution in [-0.4, -0.2) is 52.2 Å². The normalized spacial score (nSPS) is 15.1. The number of aromatic nitrogens is 2. The van der Waals surface area contributed by atoms with E-state index in [1.165, 1.54) is 12.1 Å². The zero-order valence-corrected chi connectivity index (χ0v) is 26.3. The Morgan fingerprint density at radius 1 is 0.826 bits per heavy atom. The highest BCUT2D eigenvalue weighted by molar-refractivity contribution is 7.90. The van der Waals surface area contributed by atoms with Crippen molar-refractivity contribution in [3.05, 3.63) is 129 Å². The molecular weight excluding hydrogens is 662 g/mol. The largest absolute Gasteiger partial charge is 0.511 e. The summed E-state index contributed by atoms with van der Waals surface area (Å²) in [6.07, 6.45) is 0.281. The van der Waals surface area contributed by atoms with Gasteiger partial charge < -0.3 is 5.11 Å². The minimum absolute atomic E-state index is 0.106. The monoisotopic (exact) mass is 687 g/mol. The summed E-state index contributed by atoms with van der Waals surface area (Å²) in [5, 5.41) is 16.2. The van der Waals surface area contributed by atoms with E-state index in [9.17, 15) is 31.5 Å². The van der Waals surface area contributed by atoms with Crippen LogP contribution in [0.1, 0.15) is 57.4 Å². The number of aromatic carboxylic acids is 1. The van der Waals surface area contributed by atoms with Crippen LogP contribution in [0.4, 0.5) is 13.2 Å². The second-order valence-corrected chi connectivity index (χ2v) is 13.9. The molecule has 46 heavy (non-hydrogen) atoms. The van der Waals surface area contributed by atoms with Crippen molar-refractivity contribution in [2.24, 2.45) is 0 Å². The van der Waals surface area contributed by atoms with Gasteiger partial charge in [0.05, 0.1) is 22.5 Å². The van der Waals surface area contributed by atoms with Crippen molar-refractivity contribution in [3.63, 3.8) is 0 Å². The Bertz CT molecular complexity index is 1960. The number of sulfonamides is 1. The first-order chi connectivity index (χ1) is 21.8. The maximum Gasteiger partial charge on any atom is 0.511 e. The second-order valence-electron chi connectivity index (χ2n) is 11.1. The van der Waals surface area contributed by atoms with Gasteiger partial charge in [0.2, 0.25) is 0 Å². The molecule has 4 aromatic carbocycles. The van der Waals surface area contributed by atoms with E-state index in [1.807, 2.05) is 66.7 Å². The Morgan fingerprint density at radius 3 is 1.85 bits per heavy atom. The summed E-state index contributed by atoms with van der Waals surface area (Å²) in [7, 11) is -5.44. The van der Waals surface area contributed by atoms with Gasteiger partial charge >= 0.3 is 21.5 Å². The molecule has 0 radical (unpaired) electrons. The van der Waals surface area contributed by atoms with Gasteiger partial charge in [-0.05, 0) is 90.2 Å². The van der Waals surface area contributed by atoms with Gasteiger partial charge in [0.1, 0.15) is 0 Å².